The molecule has 0 atom stereocenters. The minimum atomic E-state index is -0.133. The molecule has 0 spiro atoms. The summed E-state index contributed by atoms with van der Waals surface area (Å²) in [7, 11) is 3.91. The standard InChI is InChI=1S/C23H33N5O2/c1-8-17(9-2)18-13-15(4)28-21(18)23(30)27(10-11-29)22(25-28)20-14(3)12-19(26(6)7)24-16(20)5/h12-13,17,29H,8-11H2,1-7H3. The van der Waals surface area contributed by atoms with E-state index in [0.717, 1.165) is 46.7 Å². The predicted molar refractivity (Wildman–Crippen MR) is 122 cm³/mol. The second kappa shape index (κ2) is 8.60. The number of aryl methyl sites for hydroxylation is 3. The van der Waals surface area contributed by atoms with Crippen LogP contribution in [0.25, 0.3) is 16.9 Å². The van der Waals surface area contributed by atoms with E-state index in [-0.39, 0.29) is 18.7 Å². The first kappa shape index (κ1) is 22.0. The van der Waals surface area contributed by atoms with E-state index in [2.05, 4.69) is 19.9 Å². The van der Waals surface area contributed by atoms with Crippen molar-refractivity contribution < 1.29 is 5.11 Å². The summed E-state index contributed by atoms with van der Waals surface area (Å²) in [5.74, 6) is 1.71. The molecule has 0 aromatic carbocycles. The highest BCUT2D eigenvalue weighted by Crippen LogP contribution is 2.30. The molecule has 30 heavy (non-hydrogen) atoms. The van der Waals surface area contributed by atoms with Gasteiger partial charge in [-0.2, -0.15) is 0 Å². The molecule has 0 saturated heterocycles. The van der Waals surface area contributed by atoms with Crippen LogP contribution in [-0.2, 0) is 6.54 Å². The van der Waals surface area contributed by atoms with Crippen molar-refractivity contribution in [2.75, 3.05) is 25.6 Å². The second-order valence-electron chi connectivity index (χ2n) is 8.17. The Morgan fingerprint density at radius 2 is 1.80 bits per heavy atom. The summed E-state index contributed by atoms with van der Waals surface area (Å²) in [5.41, 5.74) is 5.13. The molecular weight excluding hydrogens is 378 g/mol. The van der Waals surface area contributed by atoms with Crippen LogP contribution in [0.4, 0.5) is 5.82 Å². The Kier molecular flexibility index (Phi) is 6.31. The van der Waals surface area contributed by atoms with Crippen LogP contribution >= 0.6 is 0 Å². The van der Waals surface area contributed by atoms with Crippen molar-refractivity contribution in [3.63, 3.8) is 0 Å². The predicted octanol–water partition coefficient (Wildman–Crippen LogP) is 3.45. The Morgan fingerprint density at radius 3 is 2.33 bits per heavy atom. The largest absolute Gasteiger partial charge is 0.395 e. The van der Waals surface area contributed by atoms with Crippen LogP contribution in [0.2, 0.25) is 0 Å². The normalized spacial score (nSPS) is 11.6. The lowest BCUT2D eigenvalue weighted by molar-refractivity contribution is 0.274. The van der Waals surface area contributed by atoms with E-state index in [9.17, 15) is 9.90 Å². The average molecular weight is 412 g/mol. The number of pyridine rings is 1. The van der Waals surface area contributed by atoms with E-state index < -0.39 is 0 Å². The van der Waals surface area contributed by atoms with Gasteiger partial charge in [-0.3, -0.25) is 9.36 Å². The van der Waals surface area contributed by atoms with Gasteiger partial charge < -0.3 is 10.0 Å². The zero-order chi connectivity index (χ0) is 22.2. The molecule has 0 saturated carbocycles. The number of hydrogen-bond acceptors (Lipinski definition) is 5. The van der Waals surface area contributed by atoms with Gasteiger partial charge in [0.1, 0.15) is 11.3 Å². The lowest BCUT2D eigenvalue weighted by atomic mass is 9.95. The van der Waals surface area contributed by atoms with Crippen molar-refractivity contribution in [3.05, 3.63) is 45.0 Å². The molecule has 3 aromatic rings. The molecule has 0 radical (unpaired) electrons. The van der Waals surface area contributed by atoms with Gasteiger partial charge in [0.2, 0.25) is 0 Å². The number of aromatic nitrogens is 4. The van der Waals surface area contributed by atoms with Gasteiger partial charge in [0.15, 0.2) is 5.82 Å². The van der Waals surface area contributed by atoms with Crippen molar-refractivity contribution in [2.24, 2.45) is 0 Å². The lowest BCUT2D eigenvalue weighted by Crippen LogP contribution is -2.28. The van der Waals surface area contributed by atoms with Gasteiger partial charge >= 0.3 is 0 Å². The SMILES string of the molecule is CCC(CC)c1cc(C)n2nc(-c3c(C)cc(N(C)C)nc3C)n(CCO)c(=O)c12. The Labute approximate surface area is 178 Å². The van der Waals surface area contributed by atoms with Gasteiger partial charge in [-0.15, -0.1) is 5.10 Å². The molecule has 7 nitrogen and oxygen atoms in total. The third-order valence-corrected chi connectivity index (χ3v) is 5.90. The number of hydrogen-bond donors (Lipinski definition) is 1. The van der Waals surface area contributed by atoms with Crippen LogP contribution in [-0.4, -0.2) is 45.0 Å². The first-order chi connectivity index (χ1) is 14.2. The van der Waals surface area contributed by atoms with Crippen molar-refractivity contribution >= 4 is 11.3 Å². The molecule has 3 rings (SSSR count). The van der Waals surface area contributed by atoms with Gasteiger partial charge in [-0.25, -0.2) is 9.50 Å². The van der Waals surface area contributed by atoms with Crippen molar-refractivity contribution in [1.82, 2.24) is 19.2 Å². The lowest BCUT2D eigenvalue weighted by Gasteiger charge is -2.19. The summed E-state index contributed by atoms with van der Waals surface area (Å²) in [6, 6.07) is 4.09. The molecule has 3 heterocycles. The smallest absolute Gasteiger partial charge is 0.278 e. The first-order valence-corrected chi connectivity index (χ1v) is 10.6. The maximum Gasteiger partial charge on any atom is 0.278 e. The molecule has 7 heteroatoms. The monoisotopic (exact) mass is 411 g/mol. The van der Waals surface area contributed by atoms with Gasteiger partial charge in [0, 0.05) is 25.4 Å². The first-order valence-electron chi connectivity index (χ1n) is 10.6. The van der Waals surface area contributed by atoms with Gasteiger partial charge in [-0.1, -0.05) is 13.8 Å². The summed E-state index contributed by atoms with van der Waals surface area (Å²) < 4.78 is 3.38. The topological polar surface area (TPSA) is 75.7 Å². The van der Waals surface area contributed by atoms with Crippen LogP contribution < -0.4 is 10.5 Å². The maximum atomic E-state index is 13.6. The van der Waals surface area contributed by atoms with Crippen LogP contribution in [0, 0.1) is 20.8 Å². The van der Waals surface area contributed by atoms with Crippen molar-refractivity contribution in [1.29, 1.82) is 0 Å². The Bertz CT molecular complexity index is 1100. The average Bonchev–Trinajstić information content (AvgIpc) is 3.01. The van der Waals surface area contributed by atoms with E-state index in [1.54, 1.807) is 9.08 Å². The van der Waals surface area contributed by atoms with E-state index in [0.29, 0.717) is 17.3 Å². The van der Waals surface area contributed by atoms with Crippen molar-refractivity contribution in [3.8, 4) is 11.4 Å². The fraction of sp³-hybridized carbons (Fsp3) is 0.522. The minimum absolute atomic E-state index is 0.112. The van der Waals surface area contributed by atoms with Gasteiger partial charge in [0.25, 0.3) is 5.56 Å². The molecule has 0 aliphatic carbocycles. The molecule has 0 unspecified atom stereocenters. The molecule has 0 aliphatic heterocycles. The summed E-state index contributed by atoms with van der Waals surface area (Å²) in [5, 5.41) is 14.6. The Balaban J connectivity index is 2.39. The summed E-state index contributed by atoms with van der Waals surface area (Å²) in [4.78, 5) is 20.3. The molecule has 0 aliphatic rings. The van der Waals surface area contributed by atoms with Crippen LogP contribution in [0.5, 0.6) is 0 Å². The number of aliphatic hydroxyl groups is 1. The highest BCUT2D eigenvalue weighted by molar-refractivity contribution is 5.67. The van der Waals surface area contributed by atoms with E-state index >= 15 is 0 Å². The van der Waals surface area contributed by atoms with Crippen LogP contribution in [0.3, 0.4) is 0 Å². The molecule has 1 N–H and O–H groups in total. The number of rotatable bonds is 7. The Morgan fingerprint density at radius 1 is 1.13 bits per heavy atom. The van der Waals surface area contributed by atoms with E-state index in [1.807, 2.05) is 45.8 Å². The van der Waals surface area contributed by atoms with E-state index in [4.69, 9.17) is 10.1 Å². The highest BCUT2D eigenvalue weighted by Gasteiger charge is 2.23. The van der Waals surface area contributed by atoms with Crippen LogP contribution in [0.1, 0.15) is 55.1 Å². The number of fused-ring (bicyclic) bond motifs is 1. The summed E-state index contributed by atoms with van der Waals surface area (Å²) in [6.07, 6.45) is 1.93. The molecule has 3 aromatic heterocycles. The summed E-state index contributed by atoms with van der Waals surface area (Å²) in [6.45, 7) is 10.3. The zero-order valence-corrected chi connectivity index (χ0v) is 19.2. The molecular formula is C23H33N5O2. The van der Waals surface area contributed by atoms with Crippen molar-refractivity contribution in [2.45, 2.75) is 59.9 Å². The maximum absolute atomic E-state index is 13.6. The third-order valence-electron chi connectivity index (χ3n) is 5.90. The zero-order valence-electron chi connectivity index (χ0n) is 19.2. The molecule has 0 bridgehead atoms. The number of nitrogens with zero attached hydrogens (tertiary/aromatic N) is 5. The minimum Gasteiger partial charge on any atom is -0.395 e. The van der Waals surface area contributed by atoms with E-state index in [1.165, 1.54) is 0 Å². The fourth-order valence-corrected chi connectivity index (χ4v) is 4.28. The third kappa shape index (κ3) is 3.62. The van der Waals surface area contributed by atoms with Gasteiger partial charge in [0.05, 0.1) is 18.8 Å². The fourth-order valence-electron chi connectivity index (χ4n) is 4.28. The summed E-state index contributed by atoms with van der Waals surface area (Å²) >= 11 is 0. The molecule has 0 fully saturated rings. The quantitative estimate of drug-likeness (QED) is 0.644. The molecule has 0 amide bonds. The van der Waals surface area contributed by atoms with Crippen LogP contribution in [0.15, 0.2) is 16.9 Å². The van der Waals surface area contributed by atoms with Gasteiger partial charge in [-0.05, 0) is 62.8 Å². The second-order valence-corrected chi connectivity index (χ2v) is 8.17. The molecule has 162 valence electrons. The Hall–Kier alpha value is -2.67. The number of anilines is 1. The highest BCUT2D eigenvalue weighted by atomic mass is 16.3. The number of aliphatic hydroxyl groups excluding tert-OH is 1.